The summed E-state index contributed by atoms with van der Waals surface area (Å²) in [5.41, 5.74) is 6.00. The molecule has 9 rings (SSSR count). The van der Waals surface area contributed by atoms with Crippen molar-refractivity contribution < 1.29 is 0 Å². The number of rotatable bonds is 4. The van der Waals surface area contributed by atoms with Gasteiger partial charge < -0.3 is 4.90 Å². The van der Waals surface area contributed by atoms with Crippen LogP contribution in [0.25, 0.3) is 62.2 Å². The van der Waals surface area contributed by atoms with E-state index in [0.717, 1.165) is 5.69 Å². The van der Waals surface area contributed by atoms with Crippen molar-refractivity contribution in [1.82, 2.24) is 0 Å². The number of benzene rings is 7. The fourth-order valence-corrected chi connectivity index (χ4v) is 8.83. The second-order valence-electron chi connectivity index (χ2n) is 11.0. The van der Waals surface area contributed by atoms with Crippen LogP contribution in [0.5, 0.6) is 0 Å². The Kier molecular flexibility index (Phi) is 5.62. The summed E-state index contributed by atoms with van der Waals surface area (Å²) in [5, 5.41) is 7.75. The van der Waals surface area contributed by atoms with Crippen LogP contribution in [0.15, 0.2) is 152 Å². The molecule has 1 nitrogen and oxygen atoms in total. The number of hydrogen-bond acceptors (Lipinski definition) is 3. The molecule has 9 aromatic rings. The predicted octanol–water partition coefficient (Wildman–Crippen LogP) is 12.7. The van der Waals surface area contributed by atoms with Gasteiger partial charge >= 0.3 is 0 Å². The molecule has 0 N–H and O–H groups in total. The average Bonchev–Trinajstić information content (AvgIpc) is 3.64. The lowest BCUT2D eigenvalue weighted by molar-refractivity contribution is 1.32. The van der Waals surface area contributed by atoms with Crippen molar-refractivity contribution in [3.63, 3.8) is 0 Å². The smallest absolute Gasteiger partial charge is 0.0640 e. The van der Waals surface area contributed by atoms with Gasteiger partial charge in [0.25, 0.3) is 0 Å². The normalized spacial score (nSPS) is 11.7. The molecule has 0 fully saturated rings. The van der Waals surface area contributed by atoms with Crippen LogP contribution in [-0.4, -0.2) is 0 Å². The lowest BCUT2D eigenvalue weighted by Crippen LogP contribution is -2.10. The van der Waals surface area contributed by atoms with Gasteiger partial charge in [0.05, 0.1) is 20.8 Å². The molecule has 0 amide bonds. The van der Waals surface area contributed by atoms with E-state index in [9.17, 15) is 0 Å². The van der Waals surface area contributed by atoms with Crippen molar-refractivity contribution in [2.45, 2.75) is 0 Å². The van der Waals surface area contributed by atoms with Gasteiger partial charge in [0, 0.05) is 36.6 Å². The summed E-state index contributed by atoms with van der Waals surface area (Å²) >= 11 is 3.76. The summed E-state index contributed by atoms with van der Waals surface area (Å²) < 4.78 is 5.24. The van der Waals surface area contributed by atoms with Crippen LogP contribution in [0.3, 0.4) is 0 Å². The van der Waals surface area contributed by atoms with Crippen LogP contribution < -0.4 is 4.90 Å². The highest BCUT2D eigenvalue weighted by Gasteiger charge is 2.21. The maximum Gasteiger partial charge on any atom is 0.0640 e. The van der Waals surface area contributed by atoms with E-state index in [4.69, 9.17) is 0 Å². The second kappa shape index (κ2) is 9.81. The third kappa shape index (κ3) is 3.97. The highest BCUT2D eigenvalue weighted by atomic mass is 32.1. The Balaban J connectivity index is 1.32. The first-order valence-electron chi connectivity index (χ1n) is 14.5. The molecule has 0 atom stereocenters. The Labute approximate surface area is 257 Å². The molecule has 3 heteroatoms. The Morgan fingerprint density at radius 1 is 0.372 bits per heavy atom. The van der Waals surface area contributed by atoms with Gasteiger partial charge in [-0.3, -0.25) is 0 Å². The van der Waals surface area contributed by atoms with Crippen molar-refractivity contribution >= 4 is 90.9 Å². The van der Waals surface area contributed by atoms with E-state index >= 15 is 0 Å². The summed E-state index contributed by atoms with van der Waals surface area (Å²) in [6, 6.07) is 55.4. The van der Waals surface area contributed by atoms with Crippen LogP contribution >= 0.6 is 22.7 Å². The van der Waals surface area contributed by atoms with E-state index in [1.165, 1.54) is 73.6 Å². The molecule has 0 aliphatic rings. The molecule has 2 aromatic heterocycles. The molecular weight excluding hydrogens is 559 g/mol. The van der Waals surface area contributed by atoms with Crippen LogP contribution in [0.1, 0.15) is 0 Å². The monoisotopic (exact) mass is 583 g/mol. The molecule has 0 unspecified atom stereocenters. The minimum Gasteiger partial charge on any atom is -0.308 e. The maximum absolute atomic E-state index is 2.49. The topological polar surface area (TPSA) is 3.24 Å². The zero-order valence-corrected chi connectivity index (χ0v) is 24.8. The van der Waals surface area contributed by atoms with Crippen LogP contribution in [0.4, 0.5) is 17.1 Å². The molecule has 2 heterocycles. The molecule has 0 spiro atoms. The zero-order chi connectivity index (χ0) is 28.3. The SMILES string of the molecule is c1cc(-c2ccc3ccccc3c2)cc(N(c2cccc3c2sc2ccccc23)c2cccc3c2sc2ccccc23)c1. The summed E-state index contributed by atoms with van der Waals surface area (Å²) in [4.78, 5) is 2.49. The van der Waals surface area contributed by atoms with Crippen molar-refractivity contribution in [2.75, 3.05) is 4.90 Å². The first-order chi connectivity index (χ1) is 21.3. The molecule has 0 aliphatic heterocycles. The lowest BCUT2D eigenvalue weighted by atomic mass is 10.0. The van der Waals surface area contributed by atoms with E-state index in [-0.39, 0.29) is 0 Å². The number of anilines is 3. The molecule has 0 radical (unpaired) electrons. The number of nitrogens with zero attached hydrogens (tertiary/aromatic N) is 1. The van der Waals surface area contributed by atoms with Gasteiger partial charge in [-0.2, -0.15) is 0 Å². The average molecular weight is 584 g/mol. The minimum absolute atomic E-state index is 1.15. The third-order valence-electron chi connectivity index (χ3n) is 8.44. The van der Waals surface area contributed by atoms with Crippen LogP contribution in [-0.2, 0) is 0 Å². The van der Waals surface area contributed by atoms with Crippen molar-refractivity contribution in [2.24, 2.45) is 0 Å². The largest absolute Gasteiger partial charge is 0.308 e. The summed E-state index contributed by atoms with van der Waals surface area (Å²) in [6.07, 6.45) is 0. The van der Waals surface area contributed by atoms with Crippen molar-refractivity contribution in [3.8, 4) is 11.1 Å². The predicted molar refractivity (Wildman–Crippen MR) is 190 cm³/mol. The van der Waals surface area contributed by atoms with E-state index in [2.05, 4.69) is 157 Å². The Bertz CT molecular complexity index is 2370. The first kappa shape index (κ1) is 24.6. The summed E-state index contributed by atoms with van der Waals surface area (Å²) in [5.74, 6) is 0. The third-order valence-corrected chi connectivity index (χ3v) is 10.9. The van der Waals surface area contributed by atoms with E-state index in [0.29, 0.717) is 0 Å². The molecule has 0 saturated carbocycles. The molecular formula is C40H25NS2. The highest BCUT2D eigenvalue weighted by Crippen LogP contribution is 2.49. The van der Waals surface area contributed by atoms with E-state index < -0.39 is 0 Å². The molecule has 43 heavy (non-hydrogen) atoms. The quantitative estimate of drug-likeness (QED) is 0.199. The lowest BCUT2D eigenvalue weighted by Gasteiger charge is -2.27. The van der Waals surface area contributed by atoms with Crippen molar-refractivity contribution in [3.05, 3.63) is 152 Å². The zero-order valence-electron chi connectivity index (χ0n) is 23.2. The number of hydrogen-bond donors (Lipinski definition) is 0. The molecule has 202 valence electrons. The summed E-state index contributed by atoms with van der Waals surface area (Å²) in [6.45, 7) is 0. The van der Waals surface area contributed by atoms with Gasteiger partial charge in [0.2, 0.25) is 0 Å². The maximum atomic E-state index is 2.49. The second-order valence-corrected chi connectivity index (χ2v) is 13.1. The Morgan fingerprint density at radius 3 is 1.58 bits per heavy atom. The van der Waals surface area contributed by atoms with Gasteiger partial charge in [-0.15, -0.1) is 22.7 Å². The summed E-state index contributed by atoms with van der Waals surface area (Å²) in [7, 11) is 0. The number of thiophene rings is 2. The minimum atomic E-state index is 1.15. The molecule has 0 bridgehead atoms. The van der Waals surface area contributed by atoms with E-state index in [1.54, 1.807) is 0 Å². The number of fused-ring (bicyclic) bond motifs is 7. The standard InChI is InChI=1S/C40H25NS2/c1-2-11-27-24-29(23-22-26(27)10-1)28-12-7-13-30(25-28)41(35-18-8-16-33-31-14-3-5-20-37(31)42-39(33)35)36-19-9-17-34-32-15-4-6-21-38(32)43-40(34)36/h1-25H. The molecule has 0 saturated heterocycles. The highest BCUT2D eigenvalue weighted by molar-refractivity contribution is 7.27. The first-order valence-corrected chi connectivity index (χ1v) is 16.1. The fourth-order valence-electron chi connectivity index (χ4n) is 6.42. The molecule has 0 aliphatic carbocycles. The van der Waals surface area contributed by atoms with Crippen LogP contribution in [0.2, 0.25) is 0 Å². The van der Waals surface area contributed by atoms with E-state index in [1.807, 2.05) is 22.7 Å². The van der Waals surface area contributed by atoms with Gasteiger partial charge in [0.15, 0.2) is 0 Å². The Hall–Kier alpha value is -4.96. The van der Waals surface area contributed by atoms with Gasteiger partial charge in [-0.1, -0.05) is 109 Å². The molecule has 7 aromatic carbocycles. The fraction of sp³-hybridized carbons (Fsp3) is 0. The Morgan fingerprint density at radius 2 is 0.907 bits per heavy atom. The van der Waals surface area contributed by atoms with Crippen LogP contribution in [0, 0.1) is 0 Å². The van der Waals surface area contributed by atoms with Gasteiger partial charge in [-0.25, -0.2) is 0 Å². The van der Waals surface area contributed by atoms with Gasteiger partial charge in [0.1, 0.15) is 0 Å². The van der Waals surface area contributed by atoms with Crippen molar-refractivity contribution in [1.29, 1.82) is 0 Å². The van der Waals surface area contributed by atoms with Gasteiger partial charge in [-0.05, 0) is 64.4 Å².